The van der Waals surface area contributed by atoms with Gasteiger partial charge in [-0.15, -0.1) is 0 Å². The molecule has 2 aliphatic rings. The third kappa shape index (κ3) is 3.14. The Morgan fingerprint density at radius 1 is 1.43 bits per heavy atom. The molecule has 1 saturated carbocycles. The lowest BCUT2D eigenvalue weighted by atomic mass is 10.2. The average Bonchev–Trinajstić information content (AvgIpc) is 3.02. The molecule has 1 aliphatic heterocycles. The van der Waals surface area contributed by atoms with E-state index in [4.69, 9.17) is 0 Å². The van der Waals surface area contributed by atoms with Gasteiger partial charge in [0.2, 0.25) is 0 Å². The van der Waals surface area contributed by atoms with E-state index in [1.165, 1.54) is 50.4 Å². The summed E-state index contributed by atoms with van der Waals surface area (Å²) >= 11 is 2.11. The van der Waals surface area contributed by atoms with Crippen LogP contribution in [0, 0.1) is 0 Å². The van der Waals surface area contributed by atoms with Gasteiger partial charge in [0.15, 0.2) is 0 Å². The summed E-state index contributed by atoms with van der Waals surface area (Å²) in [5.74, 6) is 2.61. The van der Waals surface area contributed by atoms with Crippen LogP contribution in [0.3, 0.4) is 0 Å². The lowest BCUT2D eigenvalue weighted by Gasteiger charge is -2.30. The second-order valence-corrected chi connectivity index (χ2v) is 5.60. The zero-order chi connectivity index (χ0) is 9.80. The topological polar surface area (TPSA) is 15.3 Å². The Bertz CT molecular complexity index is 165. The Morgan fingerprint density at radius 2 is 2.29 bits per heavy atom. The Balaban J connectivity index is 1.73. The maximum absolute atomic E-state index is 3.63. The van der Waals surface area contributed by atoms with Gasteiger partial charge in [0.1, 0.15) is 0 Å². The van der Waals surface area contributed by atoms with Gasteiger partial charge in [-0.1, -0.05) is 6.92 Å². The van der Waals surface area contributed by atoms with Crippen LogP contribution in [0.1, 0.15) is 26.2 Å². The third-order valence-corrected chi connectivity index (χ3v) is 4.16. The highest BCUT2D eigenvalue weighted by Gasteiger charge is 2.30. The van der Waals surface area contributed by atoms with Crippen LogP contribution in [0.4, 0.5) is 0 Å². The van der Waals surface area contributed by atoms with E-state index in [0.29, 0.717) is 0 Å². The fraction of sp³-hybridized carbons (Fsp3) is 1.00. The first-order valence-corrected chi connectivity index (χ1v) is 7.11. The number of nitrogens with one attached hydrogen (secondary N) is 1. The summed E-state index contributed by atoms with van der Waals surface area (Å²) in [6, 6.07) is 1.68. The molecule has 0 amide bonds. The van der Waals surface area contributed by atoms with Gasteiger partial charge < -0.3 is 5.32 Å². The summed E-state index contributed by atoms with van der Waals surface area (Å²) in [5, 5.41) is 3.63. The minimum atomic E-state index is 0.751. The molecule has 1 unspecified atom stereocenters. The molecule has 0 aromatic carbocycles. The van der Waals surface area contributed by atoms with E-state index >= 15 is 0 Å². The van der Waals surface area contributed by atoms with E-state index in [9.17, 15) is 0 Å². The molecule has 1 saturated heterocycles. The third-order valence-electron chi connectivity index (χ3n) is 3.03. The van der Waals surface area contributed by atoms with Crippen molar-refractivity contribution in [3.05, 3.63) is 0 Å². The Labute approximate surface area is 91.8 Å². The Kier molecular flexibility index (Phi) is 4.14. The summed E-state index contributed by atoms with van der Waals surface area (Å²) in [6.45, 7) is 6.08. The van der Waals surface area contributed by atoms with Crippen molar-refractivity contribution < 1.29 is 0 Å². The summed E-state index contributed by atoms with van der Waals surface area (Å²) in [7, 11) is 0. The lowest BCUT2D eigenvalue weighted by Crippen LogP contribution is -2.46. The molecule has 14 heavy (non-hydrogen) atoms. The zero-order valence-electron chi connectivity index (χ0n) is 9.17. The molecular weight excluding hydrogens is 192 g/mol. The van der Waals surface area contributed by atoms with E-state index in [2.05, 4.69) is 28.9 Å². The molecule has 0 spiro atoms. The maximum Gasteiger partial charge on any atom is 0.0286 e. The molecule has 0 bridgehead atoms. The first-order valence-electron chi connectivity index (χ1n) is 5.95. The predicted octanol–water partition coefficient (Wildman–Crippen LogP) is 1.57. The Morgan fingerprint density at radius 3 is 2.86 bits per heavy atom. The molecule has 1 atom stereocenters. The number of nitrogens with zero attached hydrogens (tertiary/aromatic N) is 1. The minimum Gasteiger partial charge on any atom is -0.311 e. The van der Waals surface area contributed by atoms with Crippen LogP contribution in [0.5, 0.6) is 0 Å². The van der Waals surface area contributed by atoms with Crippen molar-refractivity contribution in [2.45, 2.75) is 38.3 Å². The van der Waals surface area contributed by atoms with Gasteiger partial charge in [0, 0.05) is 36.7 Å². The van der Waals surface area contributed by atoms with Gasteiger partial charge in [-0.3, -0.25) is 4.90 Å². The smallest absolute Gasteiger partial charge is 0.0286 e. The highest BCUT2D eigenvalue weighted by Crippen LogP contribution is 2.27. The number of rotatable bonds is 5. The highest BCUT2D eigenvalue weighted by molar-refractivity contribution is 7.99. The molecule has 82 valence electrons. The summed E-state index contributed by atoms with van der Waals surface area (Å²) in [4.78, 5) is 2.70. The van der Waals surface area contributed by atoms with Crippen molar-refractivity contribution in [3.8, 4) is 0 Å². The van der Waals surface area contributed by atoms with Gasteiger partial charge in [-0.25, -0.2) is 0 Å². The van der Waals surface area contributed by atoms with E-state index in [-0.39, 0.29) is 0 Å². The SMILES string of the molecule is CCCN(CC1CSCCN1)C1CC1. The van der Waals surface area contributed by atoms with Crippen LogP contribution < -0.4 is 5.32 Å². The van der Waals surface area contributed by atoms with Crippen LogP contribution in [0.15, 0.2) is 0 Å². The predicted molar refractivity (Wildman–Crippen MR) is 64.0 cm³/mol. The van der Waals surface area contributed by atoms with Gasteiger partial charge in [-0.05, 0) is 25.8 Å². The molecule has 1 heterocycles. The lowest BCUT2D eigenvalue weighted by molar-refractivity contribution is 0.239. The summed E-state index contributed by atoms with van der Waals surface area (Å²) < 4.78 is 0. The summed E-state index contributed by atoms with van der Waals surface area (Å²) in [6.07, 6.45) is 4.19. The fourth-order valence-electron chi connectivity index (χ4n) is 2.17. The molecule has 2 rings (SSSR count). The standard InChI is InChI=1S/C11H22N2S/c1-2-6-13(11-3-4-11)8-10-9-14-7-5-12-10/h10-12H,2-9H2,1H3. The normalized spacial score (nSPS) is 28.3. The van der Waals surface area contributed by atoms with Crippen molar-refractivity contribution >= 4 is 11.8 Å². The second-order valence-electron chi connectivity index (χ2n) is 4.45. The molecular formula is C11H22N2S. The maximum atomic E-state index is 3.63. The van der Waals surface area contributed by atoms with Gasteiger partial charge in [0.25, 0.3) is 0 Å². The van der Waals surface area contributed by atoms with Gasteiger partial charge in [0.05, 0.1) is 0 Å². The largest absolute Gasteiger partial charge is 0.311 e. The Hall–Kier alpha value is 0.270. The number of thioether (sulfide) groups is 1. The van der Waals surface area contributed by atoms with Gasteiger partial charge in [-0.2, -0.15) is 11.8 Å². The first kappa shape index (κ1) is 10.8. The van der Waals surface area contributed by atoms with Gasteiger partial charge >= 0.3 is 0 Å². The molecule has 2 nitrogen and oxygen atoms in total. The van der Waals surface area contributed by atoms with Crippen molar-refractivity contribution in [2.75, 3.05) is 31.1 Å². The van der Waals surface area contributed by atoms with Crippen LogP contribution in [-0.2, 0) is 0 Å². The zero-order valence-corrected chi connectivity index (χ0v) is 9.98. The van der Waals surface area contributed by atoms with E-state index in [1.54, 1.807) is 0 Å². The number of hydrogen-bond acceptors (Lipinski definition) is 3. The molecule has 0 aromatic rings. The monoisotopic (exact) mass is 214 g/mol. The van der Waals surface area contributed by atoms with Crippen LogP contribution in [0.25, 0.3) is 0 Å². The highest BCUT2D eigenvalue weighted by atomic mass is 32.2. The molecule has 2 fully saturated rings. The van der Waals surface area contributed by atoms with Crippen molar-refractivity contribution in [1.82, 2.24) is 10.2 Å². The molecule has 0 aromatic heterocycles. The summed E-state index contributed by atoms with van der Waals surface area (Å²) in [5.41, 5.74) is 0. The molecule has 1 aliphatic carbocycles. The van der Waals surface area contributed by atoms with Crippen LogP contribution in [-0.4, -0.2) is 48.1 Å². The quantitative estimate of drug-likeness (QED) is 0.748. The second kappa shape index (κ2) is 5.38. The average molecular weight is 214 g/mol. The van der Waals surface area contributed by atoms with E-state index < -0.39 is 0 Å². The van der Waals surface area contributed by atoms with Crippen LogP contribution in [0.2, 0.25) is 0 Å². The minimum absolute atomic E-state index is 0.751. The van der Waals surface area contributed by atoms with E-state index in [1.807, 2.05) is 0 Å². The fourth-order valence-corrected chi connectivity index (χ4v) is 3.11. The van der Waals surface area contributed by atoms with Crippen molar-refractivity contribution in [2.24, 2.45) is 0 Å². The molecule has 3 heteroatoms. The molecule has 0 radical (unpaired) electrons. The van der Waals surface area contributed by atoms with E-state index in [0.717, 1.165) is 12.1 Å². The number of hydrogen-bond donors (Lipinski definition) is 1. The molecule has 1 N–H and O–H groups in total. The van der Waals surface area contributed by atoms with Crippen LogP contribution >= 0.6 is 11.8 Å². The first-order chi connectivity index (χ1) is 6.90. The van der Waals surface area contributed by atoms with Crippen molar-refractivity contribution in [3.63, 3.8) is 0 Å². The van der Waals surface area contributed by atoms with Crippen molar-refractivity contribution in [1.29, 1.82) is 0 Å².